The molecule has 2 atom stereocenters. The van der Waals surface area contributed by atoms with Crippen molar-refractivity contribution in [3.63, 3.8) is 0 Å². The first-order chi connectivity index (χ1) is 10.0. The summed E-state index contributed by atoms with van der Waals surface area (Å²) in [6.45, 7) is 6.81. The SMILES string of the molecule is CC(S)C(=O)N(C(=O)OC(C)(C)C)[C@@H](CCCCN)C(=O)O. The number of unbranched alkanes of at least 4 members (excludes halogenated alkanes) is 1. The number of nitrogens with zero attached hydrogens (tertiary/aromatic N) is 1. The highest BCUT2D eigenvalue weighted by atomic mass is 32.1. The van der Waals surface area contributed by atoms with Crippen molar-refractivity contribution in [1.82, 2.24) is 4.90 Å². The monoisotopic (exact) mass is 334 g/mol. The number of carboxylic acids is 1. The van der Waals surface area contributed by atoms with E-state index < -0.39 is 34.9 Å². The van der Waals surface area contributed by atoms with Gasteiger partial charge in [-0.2, -0.15) is 12.6 Å². The average molecular weight is 334 g/mol. The molecule has 1 unspecified atom stereocenters. The van der Waals surface area contributed by atoms with E-state index in [2.05, 4.69) is 12.6 Å². The lowest BCUT2D eigenvalue weighted by atomic mass is 10.1. The van der Waals surface area contributed by atoms with E-state index >= 15 is 0 Å². The normalized spacial score (nSPS) is 14.1. The van der Waals surface area contributed by atoms with Crippen molar-refractivity contribution in [3.8, 4) is 0 Å². The maximum absolute atomic E-state index is 12.2. The van der Waals surface area contributed by atoms with E-state index in [1.807, 2.05) is 0 Å². The fourth-order valence-electron chi connectivity index (χ4n) is 1.73. The Labute approximate surface area is 136 Å². The molecular formula is C14H26N2O5S. The number of hydrogen-bond donors (Lipinski definition) is 3. The van der Waals surface area contributed by atoms with Crippen LogP contribution in [0.2, 0.25) is 0 Å². The molecule has 0 fully saturated rings. The molecule has 3 N–H and O–H groups in total. The van der Waals surface area contributed by atoms with Gasteiger partial charge in [-0.25, -0.2) is 14.5 Å². The van der Waals surface area contributed by atoms with Crippen LogP contribution in [0, 0.1) is 0 Å². The molecule has 0 saturated heterocycles. The first-order valence-electron chi connectivity index (χ1n) is 7.18. The summed E-state index contributed by atoms with van der Waals surface area (Å²) in [4.78, 5) is 36.6. The number of aliphatic carboxylic acids is 1. The molecule has 0 heterocycles. The Hall–Kier alpha value is -1.28. The van der Waals surface area contributed by atoms with Crippen LogP contribution in [-0.4, -0.2) is 51.4 Å². The molecule has 0 bridgehead atoms. The minimum atomic E-state index is -1.29. The molecule has 0 rings (SSSR count). The third-order valence-electron chi connectivity index (χ3n) is 2.71. The zero-order valence-electron chi connectivity index (χ0n) is 13.5. The molecule has 0 aliphatic carbocycles. The van der Waals surface area contributed by atoms with Gasteiger partial charge in [-0.3, -0.25) is 4.79 Å². The summed E-state index contributed by atoms with van der Waals surface area (Å²) in [7, 11) is 0. The van der Waals surface area contributed by atoms with Crippen LogP contribution in [-0.2, 0) is 14.3 Å². The van der Waals surface area contributed by atoms with Crippen LogP contribution in [0.4, 0.5) is 4.79 Å². The summed E-state index contributed by atoms with van der Waals surface area (Å²) >= 11 is 4.00. The molecule has 0 spiro atoms. The van der Waals surface area contributed by atoms with Crippen molar-refractivity contribution in [3.05, 3.63) is 0 Å². The number of carboxylic acid groups (broad SMARTS) is 1. The number of nitrogens with two attached hydrogens (primary N) is 1. The zero-order valence-corrected chi connectivity index (χ0v) is 14.4. The third kappa shape index (κ3) is 7.13. The Kier molecular flexibility index (Phi) is 8.47. The van der Waals surface area contributed by atoms with Gasteiger partial charge in [0.05, 0.1) is 5.25 Å². The molecule has 128 valence electrons. The maximum Gasteiger partial charge on any atom is 0.417 e. The Morgan fingerprint density at radius 3 is 2.18 bits per heavy atom. The van der Waals surface area contributed by atoms with E-state index in [1.54, 1.807) is 20.8 Å². The highest BCUT2D eigenvalue weighted by molar-refractivity contribution is 7.81. The Morgan fingerprint density at radius 2 is 1.82 bits per heavy atom. The minimum absolute atomic E-state index is 0.123. The first kappa shape index (κ1) is 20.7. The highest BCUT2D eigenvalue weighted by Gasteiger charge is 2.38. The van der Waals surface area contributed by atoms with Crippen LogP contribution in [0.5, 0.6) is 0 Å². The van der Waals surface area contributed by atoms with Crippen molar-refractivity contribution in [2.24, 2.45) is 5.73 Å². The van der Waals surface area contributed by atoms with Gasteiger partial charge < -0.3 is 15.6 Å². The van der Waals surface area contributed by atoms with E-state index in [0.29, 0.717) is 24.3 Å². The number of thiol groups is 1. The second-order valence-corrected chi connectivity index (χ2v) is 6.78. The van der Waals surface area contributed by atoms with Gasteiger partial charge in [0, 0.05) is 0 Å². The molecule has 0 aromatic heterocycles. The van der Waals surface area contributed by atoms with Crippen molar-refractivity contribution in [2.75, 3.05) is 6.54 Å². The van der Waals surface area contributed by atoms with Gasteiger partial charge in [0.2, 0.25) is 5.91 Å². The van der Waals surface area contributed by atoms with Crippen LogP contribution in [0.25, 0.3) is 0 Å². The molecule has 0 saturated carbocycles. The highest BCUT2D eigenvalue weighted by Crippen LogP contribution is 2.18. The number of carbonyl (C=O) groups excluding carboxylic acids is 2. The predicted molar refractivity (Wildman–Crippen MR) is 85.9 cm³/mol. The molecule has 0 aromatic carbocycles. The Balaban J connectivity index is 5.37. The number of carbonyl (C=O) groups is 3. The van der Waals surface area contributed by atoms with E-state index in [-0.39, 0.29) is 6.42 Å². The van der Waals surface area contributed by atoms with Crippen LogP contribution < -0.4 is 5.73 Å². The van der Waals surface area contributed by atoms with E-state index in [1.165, 1.54) is 6.92 Å². The van der Waals surface area contributed by atoms with E-state index in [4.69, 9.17) is 10.5 Å². The lowest BCUT2D eigenvalue weighted by molar-refractivity contribution is -0.149. The second kappa shape index (κ2) is 8.99. The predicted octanol–water partition coefficient (Wildman–Crippen LogP) is 1.65. The van der Waals surface area contributed by atoms with Gasteiger partial charge in [0.1, 0.15) is 11.6 Å². The third-order valence-corrected chi connectivity index (χ3v) is 2.93. The first-order valence-corrected chi connectivity index (χ1v) is 7.70. The van der Waals surface area contributed by atoms with Crippen LogP contribution >= 0.6 is 12.6 Å². The molecular weight excluding hydrogens is 308 g/mol. The maximum atomic E-state index is 12.2. The number of imide groups is 1. The molecule has 0 radical (unpaired) electrons. The van der Waals surface area contributed by atoms with Crippen molar-refractivity contribution >= 4 is 30.6 Å². The molecule has 0 aromatic rings. The average Bonchev–Trinajstić information content (AvgIpc) is 2.34. The standard InChI is InChI=1S/C14H26N2O5S/c1-9(22)11(17)16(13(20)21-14(2,3)4)10(12(18)19)7-5-6-8-15/h9-10,22H,5-8,15H2,1-4H3,(H,18,19)/t9?,10-/m0/s1. The molecule has 7 nitrogen and oxygen atoms in total. The summed E-state index contributed by atoms with van der Waals surface area (Å²) in [5.74, 6) is -1.96. The summed E-state index contributed by atoms with van der Waals surface area (Å²) in [5.41, 5.74) is 4.55. The molecule has 0 aliphatic rings. The number of hydrogen-bond acceptors (Lipinski definition) is 6. The smallest absolute Gasteiger partial charge is 0.417 e. The van der Waals surface area contributed by atoms with Crippen LogP contribution in [0.3, 0.4) is 0 Å². The largest absolute Gasteiger partial charge is 0.480 e. The van der Waals surface area contributed by atoms with Crippen LogP contribution in [0.15, 0.2) is 0 Å². The fourth-order valence-corrected chi connectivity index (χ4v) is 1.85. The number of amides is 2. The van der Waals surface area contributed by atoms with E-state index in [9.17, 15) is 19.5 Å². The summed E-state index contributed by atoms with van der Waals surface area (Å²) in [6.07, 6.45) is 0.244. The Morgan fingerprint density at radius 1 is 1.27 bits per heavy atom. The minimum Gasteiger partial charge on any atom is -0.480 e. The molecule has 8 heteroatoms. The second-order valence-electron chi connectivity index (χ2n) is 6.00. The van der Waals surface area contributed by atoms with Gasteiger partial charge in [-0.05, 0) is 53.5 Å². The van der Waals surface area contributed by atoms with Crippen molar-refractivity contribution < 1.29 is 24.2 Å². The summed E-state index contributed by atoms with van der Waals surface area (Å²) < 4.78 is 5.15. The molecule has 0 aliphatic heterocycles. The summed E-state index contributed by atoms with van der Waals surface area (Å²) in [6, 6.07) is -1.29. The van der Waals surface area contributed by atoms with Gasteiger partial charge in [-0.15, -0.1) is 0 Å². The van der Waals surface area contributed by atoms with Crippen molar-refractivity contribution in [1.29, 1.82) is 0 Å². The fraction of sp³-hybridized carbons (Fsp3) is 0.786. The van der Waals surface area contributed by atoms with Gasteiger partial charge in [0.25, 0.3) is 0 Å². The van der Waals surface area contributed by atoms with Gasteiger partial charge >= 0.3 is 12.1 Å². The van der Waals surface area contributed by atoms with Crippen molar-refractivity contribution in [2.45, 2.75) is 63.9 Å². The zero-order chi connectivity index (χ0) is 17.5. The lowest BCUT2D eigenvalue weighted by Gasteiger charge is -2.31. The Bertz CT molecular complexity index is 407. The van der Waals surface area contributed by atoms with Gasteiger partial charge in [-0.1, -0.05) is 0 Å². The van der Waals surface area contributed by atoms with E-state index in [0.717, 1.165) is 0 Å². The quantitative estimate of drug-likeness (QED) is 0.482. The molecule has 2 amide bonds. The van der Waals surface area contributed by atoms with Crippen LogP contribution in [0.1, 0.15) is 47.0 Å². The van der Waals surface area contributed by atoms with Gasteiger partial charge in [0.15, 0.2) is 0 Å². The number of rotatable bonds is 7. The number of ether oxygens (including phenoxy) is 1. The molecule has 22 heavy (non-hydrogen) atoms. The summed E-state index contributed by atoms with van der Waals surface area (Å²) in [5, 5.41) is 8.55. The topological polar surface area (TPSA) is 110 Å². The lowest BCUT2D eigenvalue weighted by Crippen LogP contribution is -2.52.